The number of imide groups is 1. The predicted molar refractivity (Wildman–Crippen MR) is 117 cm³/mol. The molecule has 1 N–H and O–H groups in total. The number of amides is 3. The molecule has 3 aromatic rings. The molecule has 0 aliphatic carbocycles. The van der Waals surface area contributed by atoms with E-state index in [0.717, 1.165) is 9.37 Å². The Morgan fingerprint density at radius 2 is 1.37 bits per heavy atom. The van der Waals surface area contributed by atoms with Crippen LogP contribution in [0.4, 0.5) is 4.79 Å². The third-order valence-electron chi connectivity index (χ3n) is 5.36. The van der Waals surface area contributed by atoms with Gasteiger partial charge in [-0.05, 0) is 30.2 Å². The van der Waals surface area contributed by atoms with Crippen molar-refractivity contribution in [3.05, 3.63) is 106 Å². The van der Waals surface area contributed by atoms with Crippen LogP contribution in [0.15, 0.2) is 89.4 Å². The Bertz CT molecular complexity index is 1060. The minimum atomic E-state index is -1.38. The van der Waals surface area contributed by atoms with Crippen molar-refractivity contribution in [1.29, 1.82) is 0 Å². The Morgan fingerprint density at radius 1 is 0.867 bits per heavy atom. The Morgan fingerprint density at radius 3 is 1.87 bits per heavy atom. The number of urea groups is 1. The number of hydrogen-bond acceptors (Lipinski definition) is 3. The number of carbonyl (C=O) groups excluding carboxylic acids is 3. The maximum absolute atomic E-state index is 13.8. The maximum Gasteiger partial charge on any atom is 0.326 e. The predicted octanol–water partition coefficient (Wildman–Crippen LogP) is 4.52. The van der Waals surface area contributed by atoms with Crippen LogP contribution in [-0.2, 0) is 10.3 Å². The van der Waals surface area contributed by atoms with Gasteiger partial charge in [0.1, 0.15) is 6.04 Å². The van der Waals surface area contributed by atoms with Crippen molar-refractivity contribution >= 4 is 33.7 Å². The summed E-state index contributed by atoms with van der Waals surface area (Å²) in [5.74, 6) is -0.772. The molecule has 3 aromatic carbocycles. The molecule has 0 spiro atoms. The summed E-state index contributed by atoms with van der Waals surface area (Å²) in [6, 6.07) is 23.5. The zero-order valence-corrected chi connectivity index (χ0v) is 17.8. The Kier molecular flexibility index (Phi) is 5.26. The maximum atomic E-state index is 13.8. The van der Waals surface area contributed by atoms with Crippen LogP contribution >= 0.6 is 15.9 Å². The highest BCUT2D eigenvalue weighted by Crippen LogP contribution is 2.37. The van der Waals surface area contributed by atoms with Gasteiger partial charge in [0.15, 0.2) is 11.3 Å². The van der Waals surface area contributed by atoms with Gasteiger partial charge in [-0.1, -0.05) is 88.7 Å². The van der Waals surface area contributed by atoms with E-state index in [0.29, 0.717) is 16.7 Å². The number of nitrogens with zero attached hydrogens (tertiary/aromatic N) is 1. The molecular formula is C24H19BrN2O3. The van der Waals surface area contributed by atoms with Crippen LogP contribution < -0.4 is 5.32 Å². The van der Waals surface area contributed by atoms with Crippen LogP contribution in [0.3, 0.4) is 0 Å². The molecule has 30 heavy (non-hydrogen) atoms. The van der Waals surface area contributed by atoms with Gasteiger partial charge in [0.05, 0.1) is 0 Å². The summed E-state index contributed by atoms with van der Waals surface area (Å²) in [6.07, 6.45) is 0. The lowest BCUT2D eigenvalue weighted by Gasteiger charge is -2.29. The lowest BCUT2D eigenvalue weighted by Crippen LogP contribution is -2.47. The summed E-state index contributed by atoms with van der Waals surface area (Å²) >= 11 is 3.34. The minimum absolute atomic E-state index is 0.303. The second kappa shape index (κ2) is 7.88. The van der Waals surface area contributed by atoms with E-state index in [-0.39, 0.29) is 5.78 Å². The van der Waals surface area contributed by atoms with E-state index in [1.54, 1.807) is 55.5 Å². The Balaban J connectivity index is 1.77. The van der Waals surface area contributed by atoms with Gasteiger partial charge in [0, 0.05) is 10.0 Å². The number of nitrogens with one attached hydrogen (secondary N) is 1. The Hall–Kier alpha value is -3.25. The van der Waals surface area contributed by atoms with Crippen molar-refractivity contribution in [3.8, 4) is 0 Å². The monoisotopic (exact) mass is 462 g/mol. The van der Waals surface area contributed by atoms with Crippen molar-refractivity contribution in [2.75, 3.05) is 0 Å². The molecule has 4 rings (SSSR count). The zero-order chi connectivity index (χ0) is 21.3. The molecule has 150 valence electrons. The van der Waals surface area contributed by atoms with Crippen LogP contribution in [0.2, 0.25) is 0 Å². The van der Waals surface area contributed by atoms with Crippen molar-refractivity contribution < 1.29 is 14.4 Å². The molecule has 6 heteroatoms. The number of hydrogen-bond donors (Lipinski definition) is 1. The average Bonchev–Trinajstić information content (AvgIpc) is 3.05. The highest BCUT2D eigenvalue weighted by Gasteiger charge is 2.55. The first-order valence-electron chi connectivity index (χ1n) is 9.52. The van der Waals surface area contributed by atoms with Gasteiger partial charge in [-0.2, -0.15) is 0 Å². The molecule has 1 unspecified atom stereocenters. The minimum Gasteiger partial charge on any atom is -0.315 e. The van der Waals surface area contributed by atoms with E-state index in [2.05, 4.69) is 21.2 Å². The molecule has 1 atom stereocenters. The average molecular weight is 463 g/mol. The second-order valence-corrected chi connectivity index (χ2v) is 8.05. The first-order valence-corrected chi connectivity index (χ1v) is 10.3. The largest absolute Gasteiger partial charge is 0.326 e. The van der Waals surface area contributed by atoms with E-state index in [1.165, 1.54) is 0 Å². The third-order valence-corrected chi connectivity index (χ3v) is 5.89. The standard InChI is InChI=1S/C24H19BrN2O3/c1-16(21(28)17-12-14-20(25)15-13-17)27-22(29)24(26-23(27)30,18-8-4-2-5-9-18)19-10-6-3-7-11-19/h2-16H,1H3,(H,26,30). The summed E-state index contributed by atoms with van der Waals surface area (Å²) in [5, 5.41) is 2.87. The van der Waals surface area contributed by atoms with Crippen molar-refractivity contribution in [2.24, 2.45) is 0 Å². The molecule has 0 radical (unpaired) electrons. The summed E-state index contributed by atoms with van der Waals surface area (Å²) < 4.78 is 0.842. The molecule has 0 bridgehead atoms. The van der Waals surface area contributed by atoms with Gasteiger partial charge in [-0.25, -0.2) is 4.79 Å². The summed E-state index contributed by atoms with van der Waals surface area (Å²) in [6.45, 7) is 1.58. The van der Waals surface area contributed by atoms with E-state index >= 15 is 0 Å². The van der Waals surface area contributed by atoms with Gasteiger partial charge in [-0.15, -0.1) is 0 Å². The van der Waals surface area contributed by atoms with E-state index in [9.17, 15) is 14.4 Å². The highest BCUT2D eigenvalue weighted by molar-refractivity contribution is 9.10. The molecule has 1 fully saturated rings. The molecule has 3 amide bonds. The van der Waals surface area contributed by atoms with Crippen LogP contribution in [0.5, 0.6) is 0 Å². The zero-order valence-electron chi connectivity index (χ0n) is 16.2. The number of carbonyl (C=O) groups is 3. The lowest BCUT2D eigenvalue weighted by atomic mass is 9.82. The van der Waals surface area contributed by atoms with Crippen molar-refractivity contribution in [2.45, 2.75) is 18.5 Å². The van der Waals surface area contributed by atoms with Gasteiger partial charge < -0.3 is 5.32 Å². The van der Waals surface area contributed by atoms with Crippen LogP contribution in [-0.4, -0.2) is 28.7 Å². The molecule has 0 aromatic heterocycles. The van der Waals surface area contributed by atoms with Crippen LogP contribution in [0.25, 0.3) is 0 Å². The molecule has 5 nitrogen and oxygen atoms in total. The number of halogens is 1. The van der Waals surface area contributed by atoms with Gasteiger partial charge in [0.2, 0.25) is 0 Å². The topological polar surface area (TPSA) is 66.5 Å². The summed E-state index contributed by atoms with van der Waals surface area (Å²) in [7, 11) is 0. The van der Waals surface area contributed by atoms with Gasteiger partial charge in [0.25, 0.3) is 5.91 Å². The van der Waals surface area contributed by atoms with Crippen molar-refractivity contribution in [3.63, 3.8) is 0 Å². The summed E-state index contributed by atoms with van der Waals surface area (Å²) in [5.41, 5.74) is 0.331. The molecule has 1 heterocycles. The normalized spacial score (nSPS) is 16.3. The molecule has 1 aliphatic rings. The number of rotatable bonds is 5. The van der Waals surface area contributed by atoms with Crippen LogP contribution in [0.1, 0.15) is 28.4 Å². The van der Waals surface area contributed by atoms with Crippen molar-refractivity contribution in [1.82, 2.24) is 10.2 Å². The quantitative estimate of drug-likeness (QED) is 0.447. The first kappa shape index (κ1) is 20.0. The summed E-state index contributed by atoms with van der Waals surface area (Å²) in [4.78, 5) is 40.8. The van der Waals surface area contributed by atoms with Crippen LogP contribution in [0, 0.1) is 0 Å². The number of Topliss-reactive ketones (excluding diaryl/α,β-unsaturated/α-hetero) is 1. The molecule has 1 aliphatic heterocycles. The fourth-order valence-corrected chi connectivity index (χ4v) is 4.07. The van der Waals surface area contributed by atoms with E-state index < -0.39 is 23.5 Å². The second-order valence-electron chi connectivity index (χ2n) is 7.13. The van der Waals surface area contributed by atoms with Gasteiger partial charge in [-0.3, -0.25) is 14.5 Å². The highest BCUT2D eigenvalue weighted by atomic mass is 79.9. The molecule has 0 saturated carbocycles. The smallest absolute Gasteiger partial charge is 0.315 e. The SMILES string of the molecule is CC(C(=O)c1ccc(Br)cc1)N1C(=O)NC(c2ccccc2)(c2ccccc2)C1=O. The van der Waals surface area contributed by atoms with E-state index in [4.69, 9.17) is 0 Å². The fourth-order valence-electron chi connectivity index (χ4n) is 3.81. The Labute approximate surface area is 182 Å². The fraction of sp³-hybridized carbons (Fsp3) is 0.125. The number of ketones is 1. The van der Waals surface area contributed by atoms with Gasteiger partial charge >= 0.3 is 6.03 Å². The third kappa shape index (κ3) is 3.23. The first-order chi connectivity index (χ1) is 14.4. The van der Waals surface area contributed by atoms with E-state index in [1.807, 2.05) is 36.4 Å². The number of benzene rings is 3. The molecular weight excluding hydrogens is 444 g/mol. The lowest BCUT2D eigenvalue weighted by molar-refractivity contribution is -0.131. The molecule has 1 saturated heterocycles.